The van der Waals surface area contributed by atoms with Gasteiger partial charge in [-0.25, -0.2) is 4.79 Å². The van der Waals surface area contributed by atoms with E-state index in [1.807, 2.05) is 23.1 Å². The van der Waals surface area contributed by atoms with Crippen LogP contribution in [0.3, 0.4) is 0 Å². The van der Waals surface area contributed by atoms with Crippen LogP contribution < -0.4 is 5.32 Å². The molecule has 2 saturated heterocycles. The highest BCUT2D eigenvalue weighted by molar-refractivity contribution is 6.08. The summed E-state index contributed by atoms with van der Waals surface area (Å²) in [6.07, 6.45) is 1.76. The third-order valence-electron chi connectivity index (χ3n) is 4.48. The van der Waals surface area contributed by atoms with Gasteiger partial charge in [0.15, 0.2) is 0 Å². The molecule has 1 aromatic carbocycles. The van der Waals surface area contributed by atoms with Crippen molar-refractivity contribution in [2.75, 3.05) is 19.6 Å². The molecule has 3 rings (SSSR count). The van der Waals surface area contributed by atoms with Crippen molar-refractivity contribution < 1.29 is 4.79 Å². The van der Waals surface area contributed by atoms with E-state index in [0.29, 0.717) is 12.4 Å². The van der Waals surface area contributed by atoms with Crippen LogP contribution in [-0.4, -0.2) is 46.8 Å². The van der Waals surface area contributed by atoms with E-state index in [1.165, 1.54) is 5.56 Å². The zero-order valence-corrected chi connectivity index (χ0v) is 12.4. The van der Waals surface area contributed by atoms with Gasteiger partial charge in [0.2, 0.25) is 0 Å². The fourth-order valence-electron chi connectivity index (χ4n) is 3.43. The number of urea groups is 1. The molecule has 21 heavy (non-hydrogen) atoms. The van der Waals surface area contributed by atoms with Crippen molar-refractivity contribution in [3.05, 3.63) is 35.9 Å². The topological polar surface area (TPSA) is 59.4 Å². The highest BCUT2D eigenvalue weighted by atomic mass is 16.2. The summed E-state index contributed by atoms with van der Waals surface area (Å²) in [5.74, 6) is 0.372. The van der Waals surface area contributed by atoms with Gasteiger partial charge in [-0.15, -0.1) is 0 Å². The van der Waals surface area contributed by atoms with Gasteiger partial charge in [0.05, 0.1) is 0 Å². The first-order chi connectivity index (χ1) is 10.2. The highest BCUT2D eigenvalue weighted by Gasteiger charge is 2.53. The minimum Gasteiger partial charge on any atom is -0.310 e. The monoisotopic (exact) mass is 286 g/mol. The lowest BCUT2D eigenvalue weighted by Crippen LogP contribution is -2.51. The van der Waals surface area contributed by atoms with Crippen LogP contribution >= 0.6 is 0 Å². The first-order valence-electron chi connectivity index (χ1n) is 7.59. The highest BCUT2D eigenvalue weighted by Crippen LogP contribution is 2.33. The summed E-state index contributed by atoms with van der Waals surface area (Å²) in [7, 11) is 0. The molecule has 0 aliphatic carbocycles. The van der Waals surface area contributed by atoms with Crippen LogP contribution in [0.15, 0.2) is 30.3 Å². The van der Waals surface area contributed by atoms with E-state index >= 15 is 0 Å². The van der Waals surface area contributed by atoms with E-state index in [-0.39, 0.29) is 6.03 Å². The SMILES string of the molecule is CCCN1C(=O)NC(=N)C12CCN(Cc1ccccc1)C2. The molecule has 2 amide bonds. The maximum atomic E-state index is 12.1. The van der Waals surface area contributed by atoms with Crippen LogP contribution in [0.25, 0.3) is 0 Å². The van der Waals surface area contributed by atoms with E-state index in [4.69, 9.17) is 5.41 Å². The van der Waals surface area contributed by atoms with Gasteiger partial charge < -0.3 is 4.90 Å². The summed E-state index contributed by atoms with van der Waals surface area (Å²) in [5.41, 5.74) is 0.849. The third kappa shape index (κ3) is 2.42. The molecule has 0 saturated carbocycles. The molecule has 1 unspecified atom stereocenters. The van der Waals surface area contributed by atoms with Crippen molar-refractivity contribution >= 4 is 11.9 Å². The number of hydrogen-bond donors (Lipinski definition) is 2. The summed E-state index contributed by atoms with van der Waals surface area (Å²) in [6.45, 7) is 5.34. The van der Waals surface area contributed by atoms with Crippen LogP contribution in [0.1, 0.15) is 25.3 Å². The molecule has 2 heterocycles. The molecule has 112 valence electrons. The lowest BCUT2D eigenvalue weighted by Gasteiger charge is -2.33. The minimum absolute atomic E-state index is 0.108. The molecular formula is C16H22N4O. The maximum Gasteiger partial charge on any atom is 0.323 e. The van der Waals surface area contributed by atoms with Crippen LogP contribution in [-0.2, 0) is 6.54 Å². The van der Waals surface area contributed by atoms with Crippen LogP contribution in [0.2, 0.25) is 0 Å². The van der Waals surface area contributed by atoms with Crippen LogP contribution in [0.4, 0.5) is 4.79 Å². The predicted octanol–water partition coefficient (Wildman–Crippen LogP) is 2.04. The van der Waals surface area contributed by atoms with Crippen molar-refractivity contribution in [1.82, 2.24) is 15.1 Å². The van der Waals surface area contributed by atoms with Crippen molar-refractivity contribution in [1.29, 1.82) is 5.41 Å². The number of carbonyl (C=O) groups is 1. The number of likely N-dealkylation sites (tertiary alicyclic amines) is 1. The largest absolute Gasteiger partial charge is 0.323 e. The molecule has 1 aromatic rings. The molecule has 0 bridgehead atoms. The number of nitrogens with zero attached hydrogens (tertiary/aromatic N) is 2. The lowest BCUT2D eigenvalue weighted by atomic mass is 9.96. The number of rotatable bonds is 4. The number of amides is 2. The van der Waals surface area contributed by atoms with Gasteiger partial charge in [-0.05, 0) is 18.4 Å². The molecule has 1 atom stereocenters. The summed E-state index contributed by atoms with van der Waals surface area (Å²) in [6, 6.07) is 10.3. The Morgan fingerprint density at radius 1 is 1.33 bits per heavy atom. The number of nitrogens with one attached hydrogen (secondary N) is 2. The Morgan fingerprint density at radius 3 is 2.81 bits per heavy atom. The zero-order chi connectivity index (χ0) is 14.9. The Balaban J connectivity index is 1.75. The summed E-state index contributed by atoms with van der Waals surface area (Å²) in [4.78, 5) is 16.3. The van der Waals surface area contributed by atoms with E-state index in [2.05, 4.69) is 29.3 Å². The van der Waals surface area contributed by atoms with Crippen molar-refractivity contribution in [2.45, 2.75) is 31.8 Å². The maximum absolute atomic E-state index is 12.1. The van der Waals surface area contributed by atoms with Gasteiger partial charge in [0.25, 0.3) is 0 Å². The summed E-state index contributed by atoms with van der Waals surface area (Å²) >= 11 is 0. The fourth-order valence-corrected chi connectivity index (χ4v) is 3.43. The number of benzene rings is 1. The molecule has 0 aromatic heterocycles. The minimum atomic E-state index is -0.429. The Morgan fingerprint density at radius 2 is 2.10 bits per heavy atom. The molecule has 2 N–H and O–H groups in total. The molecule has 5 heteroatoms. The van der Waals surface area contributed by atoms with Crippen LogP contribution in [0, 0.1) is 5.41 Å². The Bertz CT molecular complexity index is 544. The normalized spacial score (nSPS) is 25.9. The van der Waals surface area contributed by atoms with E-state index in [1.54, 1.807) is 0 Å². The van der Waals surface area contributed by atoms with Gasteiger partial charge in [0, 0.05) is 26.2 Å². The molecule has 0 radical (unpaired) electrons. The molecular weight excluding hydrogens is 264 g/mol. The van der Waals surface area contributed by atoms with Gasteiger partial charge in [-0.3, -0.25) is 15.6 Å². The Hall–Kier alpha value is -1.88. The Labute approximate surface area is 125 Å². The second-order valence-corrected chi connectivity index (χ2v) is 5.93. The average molecular weight is 286 g/mol. The van der Waals surface area contributed by atoms with Gasteiger partial charge in [-0.1, -0.05) is 37.3 Å². The quantitative estimate of drug-likeness (QED) is 0.890. The standard InChI is InChI=1S/C16H22N4O/c1-2-9-20-15(21)18-14(17)16(20)8-10-19(12-16)11-13-6-4-3-5-7-13/h3-7H,2,8-12H2,1H3,(H2,17,18,21). The molecule has 2 fully saturated rings. The lowest BCUT2D eigenvalue weighted by molar-refractivity contribution is 0.171. The average Bonchev–Trinajstić information content (AvgIpc) is 2.99. The van der Waals surface area contributed by atoms with Gasteiger partial charge in [0.1, 0.15) is 11.4 Å². The smallest absolute Gasteiger partial charge is 0.310 e. The zero-order valence-electron chi connectivity index (χ0n) is 12.4. The van der Waals surface area contributed by atoms with E-state index < -0.39 is 5.54 Å². The summed E-state index contributed by atoms with van der Waals surface area (Å²) < 4.78 is 0. The second-order valence-electron chi connectivity index (χ2n) is 5.93. The number of amidine groups is 1. The van der Waals surface area contributed by atoms with Crippen molar-refractivity contribution in [3.8, 4) is 0 Å². The first kappa shape index (κ1) is 14.1. The van der Waals surface area contributed by atoms with Gasteiger partial charge >= 0.3 is 6.03 Å². The molecule has 2 aliphatic rings. The van der Waals surface area contributed by atoms with E-state index in [0.717, 1.165) is 32.5 Å². The van der Waals surface area contributed by atoms with Gasteiger partial charge in [-0.2, -0.15) is 0 Å². The van der Waals surface area contributed by atoms with Crippen molar-refractivity contribution in [2.24, 2.45) is 0 Å². The van der Waals surface area contributed by atoms with Crippen LogP contribution in [0.5, 0.6) is 0 Å². The fraction of sp³-hybridized carbons (Fsp3) is 0.500. The predicted molar refractivity (Wildman–Crippen MR) is 82.3 cm³/mol. The first-order valence-corrected chi connectivity index (χ1v) is 7.59. The molecule has 1 spiro atoms. The second kappa shape index (κ2) is 5.48. The number of hydrogen-bond acceptors (Lipinski definition) is 3. The number of carbonyl (C=O) groups excluding carboxylic acids is 1. The Kier molecular flexibility index (Phi) is 3.68. The van der Waals surface area contributed by atoms with Crippen molar-refractivity contribution in [3.63, 3.8) is 0 Å². The molecule has 5 nitrogen and oxygen atoms in total. The third-order valence-corrected chi connectivity index (χ3v) is 4.48. The van der Waals surface area contributed by atoms with E-state index in [9.17, 15) is 4.79 Å². The molecule has 2 aliphatic heterocycles. The summed E-state index contributed by atoms with van der Waals surface area (Å²) in [5, 5.41) is 10.9.